The number of anilines is 1. The highest BCUT2D eigenvalue weighted by molar-refractivity contribution is 9.10. The van der Waals surface area contributed by atoms with E-state index in [0.29, 0.717) is 23.9 Å². The number of aliphatic hydroxyl groups is 1. The summed E-state index contributed by atoms with van der Waals surface area (Å²) in [7, 11) is 0. The van der Waals surface area contributed by atoms with Crippen LogP contribution < -0.4 is 14.8 Å². The molecule has 28 heavy (non-hydrogen) atoms. The second-order valence-corrected chi connectivity index (χ2v) is 7.66. The van der Waals surface area contributed by atoms with Gasteiger partial charge in [0.25, 0.3) is 0 Å². The number of hydrogen-bond donors (Lipinski definition) is 2. The standard InChI is InChI=1S/C20H24BrN3O4/c1-14(25)23-18-4-2-3-5-19(18)27-13-16(26)11-24-9-8-17(12-24)28-20-7-6-15(21)10-22-20/h2-7,10,16-17,26H,8-9,11-13H2,1H3,(H,23,25). The van der Waals surface area contributed by atoms with E-state index in [2.05, 4.69) is 31.1 Å². The normalized spacial score (nSPS) is 17.9. The summed E-state index contributed by atoms with van der Waals surface area (Å²) in [6, 6.07) is 10.9. The Hall–Kier alpha value is -2.16. The van der Waals surface area contributed by atoms with E-state index >= 15 is 0 Å². The summed E-state index contributed by atoms with van der Waals surface area (Å²) in [6.45, 7) is 3.67. The number of aliphatic hydroxyl groups excluding tert-OH is 1. The molecule has 0 spiro atoms. The number of nitrogens with one attached hydrogen (secondary N) is 1. The number of nitrogens with zero attached hydrogens (tertiary/aromatic N) is 2. The van der Waals surface area contributed by atoms with Gasteiger partial charge in [0.05, 0.1) is 5.69 Å². The van der Waals surface area contributed by atoms with Gasteiger partial charge in [-0.25, -0.2) is 4.98 Å². The lowest BCUT2D eigenvalue weighted by molar-refractivity contribution is -0.114. The van der Waals surface area contributed by atoms with Crippen LogP contribution in [0.4, 0.5) is 5.69 Å². The molecule has 150 valence electrons. The molecule has 1 aliphatic rings. The second kappa shape index (κ2) is 9.86. The number of halogens is 1. The minimum absolute atomic E-state index is 0.0577. The minimum Gasteiger partial charge on any atom is -0.489 e. The van der Waals surface area contributed by atoms with Crippen molar-refractivity contribution in [2.75, 3.05) is 31.6 Å². The number of aromatic nitrogens is 1. The van der Waals surface area contributed by atoms with Gasteiger partial charge in [-0.3, -0.25) is 9.69 Å². The molecule has 1 aliphatic heterocycles. The van der Waals surface area contributed by atoms with Crippen molar-refractivity contribution in [2.24, 2.45) is 0 Å². The van der Waals surface area contributed by atoms with Gasteiger partial charge in [0, 0.05) is 43.3 Å². The molecule has 2 unspecified atom stereocenters. The zero-order valence-electron chi connectivity index (χ0n) is 15.7. The number of β-amino-alcohol motifs (C(OH)–C–C–N with tert-alkyl or cyclic N) is 1. The largest absolute Gasteiger partial charge is 0.489 e. The maximum absolute atomic E-state index is 11.3. The molecule has 2 heterocycles. The van der Waals surface area contributed by atoms with Crippen molar-refractivity contribution in [3.8, 4) is 11.6 Å². The SMILES string of the molecule is CC(=O)Nc1ccccc1OCC(O)CN1CCC(Oc2ccc(Br)cn2)C1. The number of hydrogen-bond acceptors (Lipinski definition) is 6. The molecule has 2 aromatic rings. The lowest BCUT2D eigenvalue weighted by Gasteiger charge is -2.21. The lowest BCUT2D eigenvalue weighted by atomic mass is 10.3. The van der Waals surface area contributed by atoms with Crippen LogP contribution in [0, 0.1) is 0 Å². The summed E-state index contributed by atoms with van der Waals surface area (Å²) < 4.78 is 12.5. The van der Waals surface area contributed by atoms with Crippen LogP contribution in [0.2, 0.25) is 0 Å². The van der Waals surface area contributed by atoms with Gasteiger partial charge in [-0.1, -0.05) is 12.1 Å². The molecule has 0 bridgehead atoms. The molecular weight excluding hydrogens is 426 g/mol. The number of amides is 1. The maximum Gasteiger partial charge on any atom is 0.221 e. The van der Waals surface area contributed by atoms with E-state index in [1.54, 1.807) is 18.3 Å². The Labute approximate surface area is 172 Å². The molecule has 1 amide bonds. The van der Waals surface area contributed by atoms with Crippen molar-refractivity contribution in [3.63, 3.8) is 0 Å². The third-order valence-electron chi connectivity index (χ3n) is 4.31. The number of rotatable bonds is 8. The first kappa shape index (κ1) is 20.6. The molecule has 3 rings (SSSR count). The minimum atomic E-state index is -0.644. The highest BCUT2D eigenvalue weighted by Gasteiger charge is 2.26. The summed E-state index contributed by atoms with van der Waals surface area (Å²) in [5, 5.41) is 13.1. The zero-order chi connectivity index (χ0) is 19.9. The third kappa shape index (κ3) is 6.19. The Morgan fingerprint density at radius 2 is 2.21 bits per heavy atom. The van der Waals surface area contributed by atoms with E-state index in [-0.39, 0.29) is 18.6 Å². The monoisotopic (exact) mass is 449 g/mol. The van der Waals surface area contributed by atoms with Crippen molar-refractivity contribution in [1.82, 2.24) is 9.88 Å². The van der Waals surface area contributed by atoms with Crippen LogP contribution in [0.15, 0.2) is 47.1 Å². The highest BCUT2D eigenvalue weighted by atomic mass is 79.9. The van der Waals surface area contributed by atoms with Crippen molar-refractivity contribution >= 4 is 27.5 Å². The van der Waals surface area contributed by atoms with Gasteiger partial charge < -0.3 is 19.9 Å². The number of likely N-dealkylation sites (tertiary alicyclic amines) is 1. The Morgan fingerprint density at radius 3 is 2.96 bits per heavy atom. The van der Waals surface area contributed by atoms with E-state index in [1.165, 1.54) is 6.92 Å². The number of pyridine rings is 1. The molecule has 2 atom stereocenters. The van der Waals surface area contributed by atoms with Crippen LogP contribution in [0.25, 0.3) is 0 Å². The molecular formula is C20H24BrN3O4. The predicted octanol–water partition coefficient (Wildman–Crippen LogP) is 2.70. The molecule has 0 aliphatic carbocycles. The molecule has 8 heteroatoms. The number of para-hydroxylation sites is 2. The molecule has 1 aromatic carbocycles. The first-order valence-corrected chi connectivity index (χ1v) is 9.97. The van der Waals surface area contributed by atoms with Gasteiger partial charge in [0.15, 0.2) is 0 Å². The summed E-state index contributed by atoms with van der Waals surface area (Å²) in [5.41, 5.74) is 0.596. The first-order chi connectivity index (χ1) is 13.5. The van der Waals surface area contributed by atoms with Gasteiger partial charge in [-0.15, -0.1) is 0 Å². The van der Waals surface area contributed by atoms with E-state index < -0.39 is 6.10 Å². The van der Waals surface area contributed by atoms with E-state index in [9.17, 15) is 9.90 Å². The Balaban J connectivity index is 1.44. The first-order valence-electron chi connectivity index (χ1n) is 9.17. The van der Waals surface area contributed by atoms with Crippen LogP contribution in [-0.2, 0) is 4.79 Å². The topological polar surface area (TPSA) is 83.9 Å². The van der Waals surface area contributed by atoms with Crippen molar-refractivity contribution in [1.29, 1.82) is 0 Å². The van der Waals surface area contributed by atoms with Crippen LogP contribution in [-0.4, -0.2) is 59.3 Å². The molecule has 0 saturated carbocycles. The van der Waals surface area contributed by atoms with Gasteiger partial charge in [0.1, 0.15) is 24.6 Å². The molecule has 7 nitrogen and oxygen atoms in total. The van der Waals surface area contributed by atoms with Gasteiger partial charge >= 0.3 is 0 Å². The van der Waals surface area contributed by atoms with Crippen molar-refractivity contribution in [3.05, 3.63) is 47.1 Å². The zero-order valence-corrected chi connectivity index (χ0v) is 17.3. The average Bonchev–Trinajstić information content (AvgIpc) is 3.09. The van der Waals surface area contributed by atoms with E-state index in [4.69, 9.17) is 9.47 Å². The van der Waals surface area contributed by atoms with E-state index in [1.807, 2.05) is 24.3 Å². The molecule has 0 radical (unpaired) electrons. The Morgan fingerprint density at radius 1 is 1.39 bits per heavy atom. The summed E-state index contributed by atoms with van der Waals surface area (Å²) in [5.74, 6) is 0.981. The fraction of sp³-hybridized carbons (Fsp3) is 0.400. The molecule has 1 saturated heterocycles. The number of ether oxygens (including phenoxy) is 2. The van der Waals surface area contributed by atoms with Crippen LogP contribution >= 0.6 is 15.9 Å². The average molecular weight is 450 g/mol. The number of carbonyl (C=O) groups is 1. The quantitative estimate of drug-likeness (QED) is 0.644. The lowest BCUT2D eigenvalue weighted by Crippen LogP contribution is -2.35. The summed E-state index contributed by atoms with van der Waals surface area (Å²) >= 11 is 3.36. The maximum atomic E-state index is 11.3. The van der Waals surface area contributed by atoms with Crippen LogP contribution in [0.3, 0.4) is 0 Å². The summed E-state index contributed by atoms with van der Waals surface area (Å²) in [4.78, 5) is 17.7. The van der Waals surface area contributed by atoms with Crippen molar-refractivity contribution in [2.45, 2.75) is 25.6 Å². The predicted molar refractivity (Wildman–Crippen MR) is 110 cm³/mol. The summed E-state index contributed by atoms with van der Waals surface area (Å²) in [6.07, 6.45) is 2.01. The van der Waals surface area contributed by atoms with Gasteiger partial charge in [-0.05, 0) is 40.5 Å². The van der Waals surface area contributed by atoms with Crippen LogP contribution in [0.1, 0.15) is 13.3 Å². The molecule has 1 fully saturated rings. The highest BCUT2D eigenvalue weighted by Crippen LogP contribution is 2.24. The van der Waals surface area contributed by atoms with Gasteiger partial charge in [-0.2, -0.15) is 0 Å². The molecule has 2 N–H and O–H groups in total. The fourth-order valence-electron chi connectivity index (χ4n) is 3.08. The van der Waals surface area contributed by atoms with Crippen molar-refractivity contribution < 1.29 is 19.4 Å². The number of benzene rings is 1. The van der Waals surface area contributed by atoms with E-state index in [0.717, 1.165) is 24.0 Å². The Kier molecular flexibility index (Phi) is 7.24. The molecule has 1 aromatic heterocycles. The smallest absolute Gasteiger partial charge is 0.221 e. The van der Waals surface area contributed by atoms with Gasteiger partial charge in [0.2, 0.25) is 11.8 Å². The number of carbonyl (C=O) groups excluding carboxylic acids is 1. The van der Waals surface area contributed by atoms with Crippen LogP contribution in [0.5, 0.6) is 11.6 Å². The Bertz CT molecular complexity index is 787. The second-order valence-electron chi connectivity index (χ2n) is 6.74. The fourth-order valence-corrected chi connectivity index (χ4v) is 3.32. The third-order valence-corrected chi connectivity index (χ3v) is 4.78.